The van der Waals surface area contributed by atoms with E-state index in [0.717, 1.165) is 6.42 Å². The van der Waals surface area contributed by atoms with Crippen LogP contribution in [0.25, 0.3) is 0 Å². The number of hydrogen-bond donors (Lipinski definition) is 1. The minimum Gasteiger partial charge on any atom is -0.377 e. The summed E-state index contributed by atoms with van der Waals surface area (Å²) in [4.78, 5) is 0. The highest BCUT2D eigenvalue weighted by Crippen LogP contribution is 2.36. The Labute approximate surface area is 111 Å². The maximum absolute atomic E-state index is 5.90. The van der Waals surface area contributed by atoms with Gasteiger partial charge in [0.25, 0.3) is 0 Å². The number of hydrogen-bond acceptors (Lipinski definition) is 2. The molecule has 100 valence electrons. The van der Waals surface area contributed by atoms with E-state index in [-0.39, 0.29) is 5.60 Å². The van der Waals surface area contributed by atoms with Crippen LogP contribution in [0.3, 0.4) is 0 Å². The summed E-state index contributed by atoms with van der Waals surface area (Å²) < 4.78 is 5.90. The van der Waals surface area contributed by atoms with Crippen LogP contribution in [0.1, 0.15) is 36.8 Å². The number of nitrogens with one attached hydrogen (secondary N) is 1. The maximum Gasteiger partial charge on any atom is 0.0834 e. The van der Waals surface area contributed by atoms with Crippen molar-refractivity contribution in [2.75, 3.05) is 14.2 Å². The Morgan fingerprint density at radius 2 is 1.94 bits per heavy atom. The molecular formula is C16H25NO. The van der Waals surface area contributed by atoms with E-state index in [1.807, 2.05) is 7.11 Å². The fraction of sp³-hybridized carbons (Fsp3) is 0.625. The molecule has 0 amide bonds. The van der Waals surface area contributed by atoms with Crippen LogP contribution in [0.15, 0.2) is 24.3 Å². The third-order valence-electron chi connectivity index (χ3n) is 4.53. The highest BCUT2D eigenvalue weighted by atomic mass is 16.5. The monoisotopic (exact) mass is 247 g/mol. The molecule has 0 spiro atoms. The van der Waals surface area contributed by atoms with Crippen molar-refractivity contribution in [1.82, 2.24) is 5.32 Å². The summed E-state index contributed by atoms with van der Waals surface area (Å²) in [5.41, 5.74) is 2.85. The highest BCUT2D eigenvalue weighted by Gasteiger charge is 2.40. The van der Waals surface area contributed by atoms with Gasteiger partial charge in [-0.1, -0.05) is 37.1 Å². The number of likely N-dealkylation sites (N-methyl/N-ethyl adjacent to an activating group) is 1. The van der Waals surface area contributed by atoms with Crippen LogP contribution < -0.4 is 5.32 Å². The van der Waals surface area contributed by atoms with Crippen molar-refractivity contribution in [3.8, 4) is 0 Å². The Hall–Kier alpha value is -0.860. The van der Waals surface area contributed by atoms with Crippen molar-refractivity contribution in [2.24, 2.45) is 0 Å². The minimum absolute atomic E-state index is 0.0387. The van der Waals surface area contributed by atoms with Gasteiger partial charge in [0, 0.05) is 13.2 Å². The van der Waals surface area contributed by atoms with Gasteiger partial charge in [0.05, 0.1) is 5.60 Å². The predicted molar refractivity (Wildman–Crippen MR) is 75.9 cm³/mol. The van der Waals surface area contributed by atoms with E-state index < -0.39 is 0 Å². The van der Waals surface area contributed by atoms with Gasteiger partial charge in [-0.3, -0.25) is 0 Å². The second-order valence-electron chi connectivity index (χ2n) is 5.45. The highest BCUT2D eigenvalue weighted by molar-refractivity contribution is 5.27. The van der Waals surface area contributed by atoms with Gasteiger partial charge in [0.15, 0.2) is 0 Å². The smallest absolute Gasteiger partial charge is 0.0834 e. The molecule has 1 saturated carbocycles. The van der Waals surface area contributed by atoms with E-state index >= 15 is 0 Å². The molecule has 0 saturated heterocycles. The van der Waals surface area contributed by atoms with Crippen LogP contribution >= 0.6 is 0 Å². The van der Waals surface area contributed by atoms with Crippen molar-refractivity contribution < 1.29 is 4.74 Å². The molecule has 0 heterocycles. The number of methoxy groups -OCH3 is 1. The lowest BCUT2D eigenvalue weighted by atomic mass is 9.86. The summed E-state index contributed by atoms with van der Waals surface area (Å²) in [6, 6.07) is 9.07. The Morgan fingerprint density at radius 1 is 1.28 bits per heavy atom. The molecule has 1 aromatic rings. The molecule has 0 bridgehead atoms. The van der Waals surface area contributed by atoms with E-state index in [1.165, 1.54) is 36.8 Å². The number of benzene rings is 1. The molecule has 1 aliphatic carbocycles. The average molecular weight is 247 g/mol. The maximum atomic E-state index is 5.90. The van der Waals surface area contributed by atoms with Gasteiger partial charge in [-0.15, -0.1) is 0 Å². The van der Waals surface area contributed by atoms with Crippen LogP contribution in [0.5, 0.6) is 0 Å². The molecule has 2 nitrogen and oxygen atoms in total. The first kappa shape index (κ1) is 13.6. The molecule has 18 heavy (non-hydrogen) atoms. The van der Waals surface area contributed by atoms with E-state index in [1.54, 1.807) is 0 Å². The first-order valence-corrected chi connectivity index (χ1v) is 6.99. The van der Waals surface area contributed by atoms with Crippen molar-refractivity contribution in [2.45, 2.75) is 50.7 Å². The molecule has 1 atom stereocenters. The zero-order valence-corrected chi connectivity index (χ0v) is 11.8. The SMILES string of the molecule is CNC(Cc1ccccc1C)C1(OC)CCCC1. The standard InChI is InChI=1S/C16H25NO/c1-13-8-4-5-9-14(13)12-15(17-2)16(18-3)10-6-7-11-16/h4-5,8-9,15,17H,6-7,10-12H2,1-3H3. The fourth-order valence-electron chi connectivity index (χ4n) is 3.28. The predicted octanol–water partition coefficient (Wildman–Crippen LogP) is 3.08. The Morgan fingerprint density at radius 3 is 2.50 bits per heavy atom. The largest absolute Gasteiger partial charge is 0.377 e. The van der Waals surface area contributed by atoms with Gasteiger partial charge in [-0.2, -0.15) is 0 Å². The van der Waals surface area contributed by atoms with Crippen LogP contribution in [-0.4, -0.2) is 25.8 Å². The Kier molecular flexibility index (Phi) is 4.41. The van der Waals surface area contributed by atoms with Gasteiger partial charge >= 0.3 is 0 Å². The lowest BCUT2D eigenvalue weighted by Crippen LogP contribution is -2.50. The quantitative estimate of drug-likeness (QED) is 0.863. The molecule has 2 heteroatoms. The van der Waals surface area contributed by atoms with Gasteiger partial charge in [0.2, 0.25) is 0 Å². The first-order chi connectivity index (χ1) is 8.72. The lowest BCUT2D eigenvalue weighted by molar-refractivity contribution is -0.0336. The molecule has 1 aliphatic rings. The summed E-state index contributed by atoms with van der Waals surface area (Å²) in [6.45, 7) is 2.19. The average Bonchev–Trinajstić information content (AvgIpc) is 2.88. The first-order valence-electron chi connectivity index (χ1n) is 6.99. The lowest BCUT2D eigenvalue weighted by Gasteiger charge is -2.36. The zero-order valence-electron chi connectivity index (χ0n) is 11.8. The number of aryl methyl sites for hydroxylation is 1. The topological polar surface area (TPSA) is 21.3 Å². The summed E-state index contributed by atoms with van der Waals surface area (Å²) in [5, 5.41) is 3.49. The number of ether oxygens (including phenoxy) is 1. The molecule has 1 N–H and O–H groups in total. The molecule has 1 aromatic carbocycles. The van der Waals surface area contributed by atoms with Gasteiger partial charge in [-0.05, 0) is 44.4 Å². The molecule has 0 radical (unpaired) electrons. The van der Waals surface area contributed by atoms with Crippen LogP contribution in [0, 0.1) is 6.92 Å². The third kappa shape index (κ3) is 2.60. The van der Waals surface area contributed by atoms with Crippen molar-refractivity contribution in [3.63, 3.8) is 0 Å². The van der Waals surface area contributed by atoms with E-state index in [0.29, 0.717) is 6.04 Å². The molecule has 0 aromatic heterocycles. The van der Waals surface area contributed by atoms with Gasteiger partial charge in [0.1, 0.15) is 0 Å². The zero-order chi connectivity index (χ0) is 13.0. The molecule has 1 fully saturated rings. The normalized spacial score (nSPS) is 19.9. The van der Waals surface area contributed by atoms with E-state index in [4.69, 9.17) is 4.74 Å². The van der Waals surface area contributed by atoms with Crippen molar-refractivity contribution in [3.05, 3.63) is 35.4 Å². The number of rotatable bonds is 5. The summed E-state index contributed by atoms with van der Waals surface area (Å²) in [6.07, 6.45) is 6.00. The third-order valence-corrected chi connectivity index (χ3v) is 4.53. The van der Waals surface area contributed by atoms with Crippen molar-refractivity contribution in [1.29, 1.82) is 0 Å². The van der Waals surface area contributed by atoms with Gasteiger partial charge < -0.3 is 10.1 Å². The Balaban J connectivity index is 2.16. The Bertz CT molecular complexity index is 382. The fourth-order valence-corrected chi connectivity index (χ4v) is 3.28. The van der Waals surface area contributed by atoms with Crippen LogP contribution in [0.4, 0.5) is 0 Å². The summed E-state index contributed by atoms with van der Waals surface area (Å²) >= 11 is 0. The molecule has 2 rings (SSSR count). The summed E-state index contributed by atoms with van der Waals surface area (Å²) in [5.74, 6) is 0. The minimum atomic E-state index is 0.0387. The second-order valence-corrected chi connectivity index (χ2v) is 5.45. The van der Waals surface area contributed by atoms with Crippen molar-refractivity contribution >= 4 is 0 Å². The van der Waals surface area contributed by atoms with Gasteiger partial charge in [-0.25, -0.2) is 0 Å². The molecule has 0 aliphatic heterocycles. The van der Waals surface area contributed by atoms with E-state index in [2.05, 4.69) is 43.6 Å². The summed E-state index contributed by atoms with van der Waals surface area (Å²) in [7, 11) is 3.93. The van der Waals surface area contributed by atoms with Crippen LogP contribution in [-0.2, 0) is 11.2 Å². The second kappa shape index (κ2) is 5.85. The van der Waals surface area contributed by atoms with Crippen LogP contribution in [0.2, 0.25) is 0 Å². The van der Waals surface area contributed by atoms with E-state index in [9.17, 15) is 0 Å². The molecule has 1 unspecified atom stereocenters. The molecular weight excluding hydrogens is 222 g/mol.